The molecule has 1 unspecified atom stereocenters. The zero-order valence-corrected chi connectivity index (χ0v) is 12.0. The van der Waals surface area contributed by atoms with Crippen molar-refractivity contribution in [3.8, 4) is 0 Å². The number of pyridine rings is 1. The van der Waals surface area contributed by atoms with Crippen molar-refractivity contribution < 1.29 is 14.7 Å². The summed E-state index contributed by atoms with van der Waals surface area (Å²) in [6, 6.07) is 1.36. The van der Waals surface area contributed by atoms with Crippen molar-refractivity contribution in [3.63, 3.8) is 0 Å². The van der Waals surface area contributed by atoms with E-state index in [2.05, 4.69) is 15.6 Å². The van der Waals surface area contributed by atoms with Crippen LogP contribution in [-0.2, 0) is 4.79 Å². The number of carboxylic acid groups (broad SMARTS) is 1. The Morgan fingerprint density at radius 2 is 2.05 bits per heavy atom. The molecule has 0 bridgehead atoms. The molecule has 3 N–H and O–H groups in total. The molecule has 0 saturated heterocycles. The van der Waals surface area contributed by atoms with Gasteiger partial charge in [0.15, 0.2) is 0 Å². The number of carbonyl (C=O) groups excluding carboxylic acids is 1. The summed E-state index contributed by atoms with van der Waals surface area (Å²) in [4.78, 5) is 26.7. The molecule has 1 heterocycles. The highest BCUT2D eigenvalue weighted by Crippen LogP contribution is 2.11. The molecule has 2 amide bonds. The molecule has 1 aromatic rings. The summed E-state index contributed by atoms with van der Waals surface area (Å²) in [5.41, 5.74) is 1.52. The van der Waals surface area contributed by atoms with E-state index in [1.807, 2.05) is 20.8 Å². The van der Waals surface area contributed by atoms with Gasteiger partial charge in [0, 0.05) is 12.7 Å². The number of aliphatic carboxylic acids is 1. The average Bonchev–Trinajstić information content (AvgIpc) is 2.33. The standard InChI is InChI=1S/C14H21N3O3/c1-9(2)4-11(13(18)19)7-16-14(20)17-12-5-10(3)6-15-8-12/h5-6,8-9,11H,4,7H2,1-3H3,(H,18,19)(H2,16,17,20). The number of carbonyl (C=O) groups is 2. The highest BCUT2D eigenvalue weighted by Gasteiger charge is 2.19. The summed E-state index contributed by atoms with van der Waals surface area (Å²) in [5, 5.41) is 14.3. The lowest BCUT2D eigenvalue weighted by atomic mass is 9.97. The van der Waals surface area contributed by atoms with Gasteiger partial charge in [0.25, 0.3) is 0 Å². The van der Waals surface area contributed by atoms with Crippen LogP contribution in [0.25, 0.3) is 0 Å². The first-order chi connectivity index (χ1) is 9.38. The second-order valence-electron chi connectivity index (χ2n) is 5.25. The number of nitrogens with one attached hydrogen (secondary N) is 2. The van der Waals surface area contributed by atoms with Crippen LogP contribution >= 0.6 is 0 Å². The third-order valence-corrected chi connectivity index (χ3v) is 2.75. The van der Waals surface area contributed by atoms with Crippen molar-refractivity contribution >= 4 is 17.7 Å². The third-order valence-electron chi connectivity index (χ3n) is 2.75. The minimum Gasteiger partial charge on any atom is -0.481 e. The summed E-state index contributed by atoms with van der Waals surface area (Å²) < 4.78 is 0. The van der Waals surface area contributed by atoms with Crippen LogP contribution in [0.15, 0.2) is 18.5 Å². The summed E-state index contributed by atoms with van der Waals surface area (Å²) >= 11 is 0. The van der Waals surface area contributed by atoms with E-state index in [0.29, 0.717) is 12.1 Å². The minimum absolute atomic E-state index is 0.110. The second kappa shape index (κ2) is 7.47. The van der Waals surface area contributed by atoms with Crippen LogP contribution in [0.4, 0.5) is 10.5 Å². The summed E-state index contributed by atoms with van der Waals surface area (Å²) in [7, 11) is 0. The second-order valence-corrected chi connectivity index (χ2v) is 5.25. The van der Waals surface area contributed by atoms with E-state index >= 15 is 0 Å². The number of hydrogen-bond acceptors (Lipinski definition) is 3. The van der Waals surface area contributed by atoms with Crippen LogP contribution < -0.4 is 10.6 Å². The molecule has 110 valence electrons. The third kappa shape index (κ3) is 5.69. The molecule has 6 heteroatoms. The van der Waals surface area contributed by atoms with Crippen molar-refractivity contribution in [3.05, 3.63) is 24.0 Å². The zero-order valence-electron chi connectivity index (χ0n) is 12.0. The highest BCUT2D eigenvalue weighted by molar-refractivity contribution is 5.89. The summed E-state index contributed by atoms with van der Waals surface area (Å²) in [6.45, 7) is 5.89. The molecule has 0 spiro atoms. The Hall–Kier alpha value is -2.11. The number of carboxylic acids is 1. The molecule has 0 saturated carbocycles. The van der Waals surface area contributed by atoms with Gasteiger partial charge in [-0.1, -0.05) is 13.8 Å². The normalized spacial score (nSPS) is 12.0. The van der Waals surface area contributed by atoms with Crippen molar-refractivity contribution in [2.24, 2.45) is 11.8 Å². The maximum absolute atomic E-state index is 11.7. The fourth-order valence-corrected chi connectivity index (χ4v) is 1.85. The molecule has 0 aliphatic rings. The predicted octanol–water partition coefficient (Wildman–Crippen LogP) is 2.26. The molecule has 0 aliphatic heterocycles. The Labute approximate surface area is 118 Å². The topological polar surface area (TPSA) is 91.3 Å². The number of amides is 2. The summed E-state index contributed by atoms with van der Waals surface area (Å²) in [6.07, 6.45) is 3.75. The maximum Gasteiger partial charge on any atom is 0.319 e. The van der Waals surface area contributed by atoms with Crippen LogP contribution in [0.3, 0.4) is 0 Å². The molecule has 0 aromatic carbocycles. The van der Waals surface area contributed by atoms with Crippen molar-refractivity contribution in [2.75, 3.05) is 11.9 Å². The number of nitrogens with zero attached hydrogens (tertiary/aromatic N) is 1. The van der Waals surface area contributed by atoms with E-state index in [1.165, 1.54) is 6.20 Å². The summed E-state index contributed by atoms with van der Waals surface area (Å²) in [5.74, 6) is -1.20. The number of urea groups is 1. The van der Waals surface area contributed by atoms with E-state index in [4.69, 9.17) is 5.11 Å². The maximum atomic E-state index is 11.7. The van der Waals surface area contributed by atoms with E-state index in [0.717, 1.165) is 5.56 Å². The van der Waals surface area contributed by atoms with E-state index in [9.17, 15) is 9.59 Å². The molecule has 0 aliphatic carbocycles. The fraction of sp³-hybridized carbons (Fsp3) is 0.500. The highest BCUT2D eigenvalue weighted by atomic mass is 16.4. The SMILES string of the molecule is Cc1cncc(NC(=O)NCC(CC(C)C)C(=O)O)c1. The van der Waals surface area contributed by atoms with Gasteiger partial charge in [0.1, 0.15) is 0 Å². The Kier molecular flexibility index (Phi) is 5.96. The van der Waals surface area contributed by atoms with Crippen LogP contribution in [0.1, 0.15) is 25.8 Å². The smallest absolute Gasteiger partial charge is 0.319 e. The molecule has 1 rings (SSSR count). The number of aromatic nitrogens is 1. The Morgan fingerprint density at radius 1 is 1.35 bits per heavy atom. The monoisotopic (exact) mass is 279 g/mol. The van der Waals surface area contributed by atoms with Gasteiger partial charge >= 0.3 is 12.0 Å². The predicted molar refractivity (Wildman–Crippen MR) is 76.6 cm³/mol. The van der Waals surface area contributed by atoms with Gasteiger partial charge in [-0.3, -0.25) is 9.78 Å². The lowest BCUT2D eigenvalue weighted by molar-refractivity contribution is -0.142. The molecular formula is C14H21N3O3. The van der Waals surface area contributed by atoms with Gasteiger partial charge < -0.3 is 15.7 Å². The molecule has 1 atom stereocenters. The zero-order chi connectivity index (χ0) is 15.1. The van der Waals surface area contributed by atoms with Gasteiger partial charge in [-0.2, -0.15) is 0 Å². The lowest BCUT2D eigenvalue weighted by Gasteiger charge is -2.15. The molecule has 0 radical (unpaired) electrons. The molecule has 20 heavy (non-hydrogen) atoms. The number of anilines is 1. The number of rotatable bonds is 6. The molecule has 0 fully saturated rings. The lowest BCUT2D eigenvalue weighted by Crippen LogP contribution is -2.36. The Balaban J connectivity index is 2.47. The number of hydrogen-bond donors (Lipinski definition) is 3. The van der Waals surface area contributed by atoms with Gasteiger partial charge in [-0.25, -0.2) is 4.79 Å². The van der Waals surface area contributed by atoms with Crippen molar-refractivity contribution in [1.82, 2.24) is 10.3 Å². The van der Waals surface area contributed by atoms with Gasteiger partial charge in [0.05, 0.1) is 17.8 Å². The van der Waals surface area contributed by atoms with Crippen LogP contribution in [0.2, 0.25) is 0 Å². The van der Waals surface area contributed by atoms with Gasteiger partial charge in [-0.15, -0.1) is 0 Å². The van der Waals surface area contributed by atoms with Crippen LogP contribution in [0, 0.1) is 18.8 Å². The molecule has 6 nitrogen and oxygen atoms in total. The van der Waals surface area contributed by atoms with Crippen molar-refractivity contribution in [1.29, 1.82) is 0 Å². The minimum atomic E-state index is -0.892. The van der Waals surface area contributed by atoms with Gasteiger partial charge in [-0.05, 0) is 30.9 Å². The first kappa shape index (κ1) is 15.9. The van der Waals surface area contributed by atoms with Crippen LogP contribution in [0.5, 0.6) is 0 Å². The average molecular weight is 279 g/mol. The first-order valence-corrected chi connectivity index (χ1v) is 6.57. The van der Waals surface area contributed by atoms with Gasteiger partial charge in [0.2, 0.25) is 0 Å². The first-order valence-electron chi connectivity index (χ1n) is 6.57. The van der Waals surface area contributed by atoms with Crippen molar-refractivity contribution in [2.45, 2.75) is 27.2 Å². The largest absolute Gasteiger partial charge is 0.481 e. The van der Waals surface area contributed by atoms with Crippen LogP contribution in [-0.4, -0.2) is 28.6 Å². The Bertz CT molecular complexity index is 474. The quantitative estimate of drug-likeness (QED) is 0.745. The van der Waals surface area contributed by atoms with E-state index < -0.39 is 17.9 Å². The van der Waals surface area contributed by atoms with E-state index in [1.54, 1.807) is 12.3 Å². The van der Waals surface area contributed by atoms with E-state index in [-0.39, 0.29) is 12.5 Å². The molecular weight excluding hydrogens is 258 g/mol. The Morgan fingerprint density at radius 3 is 2.60 bits per heavy atom. The fourth-order valence-electron chi connectivity index (χ4n) is 1.85. The number of aryl methyl sites for hydroxylation is 1. The molecule has 1 aromatic heterocycles.